The van der Waals surface area contributed by atoms with Crippen LogP contribution in [0.4, 0.5) is 0 Å². The van der Waals surface area contributed by atoms with Gasteiger partial charge in [-0.05, 0) is 26.1 Å². The highest BCUT2D eigenvalue weighted by molar-refractivity contribution is 5.79. The van der Waals surface area contributed by atoms with Crippen LogP contribution in [0, 0.1) is 0 Å². The number of guanidine groups is 1. The Balaban J connectivity index is 2.33. The van der Waals surface area contributed by atoms with Gasteiger partial charge < -0.3 is 20.0 Å². The van der Waals surface area contributed by atoms with Crippen molar-refractivity contribution in [2.75, 3.05) is 33.2 Å². The van der Waals surface area contributed by atoms with Crippen molar-refractivity contribution < 1.29 is 4.42 Å². The first-order valence-electron chi connectivity index (χ1n) is 8.52. The SMILES string of the molecule is CCN(CC)CCCNC(=NC)NCc1ncc(C(C)(C)C)o1. The molecular formula is C17H33N5O. The topological polar surface area (TPSA) is 65.7 Å². The summed E-state index contributed by atoms with van der Waals surface area (Å²) < 4.78 is 5.77. The molecule has 1 heterocycles. The van der Waals surface area contributed by atoms with Crippen LogP contribution in [0.25, 0.3) is 0 Å². The van der Waals surface area contributed by atoms with Crippen LogP contribution in [0.5, 0.6) is 0 Å². The molecule has 0 unspecified atom stereocenters. The molecule has 0 fully saturated rings. The van der Waals surface area contributed by atoms with Gasteiger partial charge in [0.1, 0.15) is 5.76 Å². The molecule has 2 N–H and O–H groups in total. The zero-order valence-corrected chi connectivity index (χ0v) is 15.6. The minimum atomic E-state index is -0.0182. The van der Waals surface area contributed by atoms with Crippen molar-refractivity contribution in [3.05, 3.63) is 17.8 Å². The van der Waals surface area contributed by atoms with Gasteiger partial charge in [-0.15, -0.1) is 0 Å². The molecule has 0 spiro atoms. The Kier molecular flexibility index (Phi) is 8.09. The minimum Gasteiger partial charge on any atom is -0.443 e. The fourth-order valence-electron chi connectivity index (χ4n) is 2.17. The molecule has 0 aromatic carbocycles. The molecule has 0 atom stereocenters. The fourth-order valence-corrected chi connectivity index (χ4v) is 2.17. The van der Waals surface area contributed by atoms with Gasteiger partial charge in [0.05, 0.1) is 12.7 Å². The number of hydrogen-bond acceptors (Lipinski definition) is 4. The van der Waals surface area contributed by atoms with E-state index in [2.05, 4.69) is 60.1 Å². The van der Waals surface area contributed by atoms with Crippen LogP contribution in [-0.4, -0.2) is 49.1 Å². The Hall–Kier alpha value is -1.56. The van der Waals surface area contributed by atoms with Crippen LogP contribution in [0.15, 0.2) is 15.6 Å². The molecule has 1 rings (SSSR count). The minimum absolute atomic E-state index is 0.0182. The lowest BCUT2D eigenvalue weighted by atomic mass is 9.94. The maximum absolute atomic E-state index is 5.77. The molecule has 0 bridgehead atoms. The van der Waals surface area contributed by atoms with Gasteiger partial charge in [0.15, 0.2) is 5.96 Å². The van der Waals surface area contributed by atoms with E-state index in [1.807, 2.05) is 0 Å². The molecule has 0 aliphatic carbocycles. The van der Waals surface area contributed by atoms with Crippen molar-refractivity contribution in [2.45, 2.75) is 53.0 Å². The molecule has 0 saturated carbocycles. The van der Waals surface area contributed by atoms with Crippen molar-refractivity contribution in [1.82, 2.24) is 20.5 Å². The lowest BCUT2D eigenvalue weighted by Crippen LogP contribution is -2.38. The molecule has 0 amide bonds. The number of rotatable bonds is 8. The summed E-state index contributed by atoms with van der Waals surface area (Å²) >= 11 is 0. The van der Waals surface area contributed by atoms with Crippen molar-refractivity contribution in [2.24, 2.45) is 4.99 Å². The summed E-state index contributed by atoms with van der Waals surface area (Å²) in [5.74, 6) is 2.36. The van der Waals surface area contributed by atoms with Crippen LogP contribution < -0.4 is 10.6 Å². The van der Waals surface area contributed by atoms with Gasteiger partial charge in [0.25, 0.3) is 0 Å². The molecule has 0 aliphatic heterocycles. The first-order chi connectivity index (χ1) is 10.9. The molecule has 23 heavy (non-hydrogen) atoms. The lowest BCUT2D eigenvalue weighted by Gasteiger charge is -2.18. The summed E-state index contributed by atoms with van der Waals surface area (Å²) in [6, 6.07) is 0. The van der Waals surface area contributed by atoms with E-state index in [0.29, 0.717) is 12.4 Å². The average molecular weight is 323 g/mol. The van der Waals surface area contributed by atoms with Gasteiger partial charge in [-0.25, -0.2) is 4.98 Å². The zero-order valence-electron chi connectivity index (χ0n) is 15.6. The standard InChI is InChI=1S/C17H33N5O/c1-7-22(8-2)11-9-10-19-16(18-6)21-13-15-20-12-14(23-15)17(3,4)5/h12H,7-11,13H2,1-6H3,(H2,18,19,21). The normalized spacial score (nSPS) is 12.7. The van der Waals surface area contributed by atoms with Gasteiger partial charge >= 0.3 is 0 Å². The Morgan fingerprint density at radius 1 is 1.26 bits per heavy atom. The largest absolute Gasteiger partial charge is 0.443 e. The third kappa shape index (κ3) is 7.03. The van der Waals surface area contributed by atoms with Crippen LogP contribution in [-0.2, 0) is 12.0 Å². The number of aliphatic imine (C=N–C) groups is 1. The first-order valence-corrected chi connectivity index (χ1v) is 8.52. The fraction of sp³-hybridized carbons (Fsp3) is 0.765. The highest BCUT2D eigenvalue weighted by Crippen LogP contribution is 2.22. The maximum atomic E-state index is 5.77. The second kappa shape index (κ2) is 9.55. The van der Waals surface area contributed by atoms with Gasteiger partial charge in [0.2, 0.25) is 5.89 Å². The van der Waals surface area contributed by atoms with E-state index in [-0.39, 0.29) is 5.41 Å². The van der Waals surface area contributed by atoms with Gasteiger partial charge in [0, 0.05) is 19.0 Å². The van der Waals surface area contributed by atoms with Crippen molar-refractivity contribution in [1.29, 1.82) is 0 Å². The molecule has 132 valence electrons. The van der Waals surface area contributed by atoms with Crippen LogP contribution >= 0.6 is 0 Å². The predicted molar refractivity (Wildman–Crippen MR) is 95.8 cm³/mol. The highest BCUT2D eigenvalue weighted by Gasteiger charge is 2.19. The monoisotopic (exact) mass is 323 g/mol. The number of nitrogens with one attached hydrogen (secondary N) is 2. The van der Waals surface area contributed by atoms with E-state index < -0.39 is 0 Å². The summed E-state index contributed by atoms with van der Waals surface area (Å²) in [4.78, 5) is 11.0. The highest BCUT2D eigenvalue weighted by atomic mass is 16.4. The molecule has 0 radical (unpaired) electrons. The van der Waals surface area contributed by atoms with E-state index in [0.717, 1.165) is 44.3 Å². The summed E-state index contributed by atoms with van der Waals surface area (Å²) in [6.07, 6.45) is 2.90. The van der Waals surface area contributed by atoms with E-state index in [1.54, 1.807) is 13.2 Å². The summed E-state index contributed by atoms with van der Waals surface area (Å²) in [7, 11) is 1.77. The Bertz CT molecular complexity index is 472. The van der Waals surface area contributed by atoms with Crippen LogP contribution in [0.2, 0.25) is 0 Å². The molecule has 1 aromatic rings. The maximum Gasteiger partial charge on any atom is 0.213 e. The first kappa shape index (κ1) is 19.5. The molecule has 6 heteroatoms. The van der Waals surface area contributed by atoms with Gasteiger partial charge in [-0.3, -0.25) is 4.99 Å². The van der Waals surface area contributed by atoms with E-state index in [4.69, 9.17) is 4.42 Å². The third-order valence-corrected chi connectivity index (χ3v) is 3.76. The molecule has 0 saturated heterocycles. The van der Waals surface area contributed by atoms with Gasteiger partial charge in [-0.1, -0.05) is 34.6 Å². The Morgan fingerprint density at radius 3 is 2.48 bits per heavy atom. The summed E-state index contributed by atoms with van der Waals surface area (Å²) in [5.41, 5.74) is -0.0182. The zero-order chi connectivity index (χ0) is 17.3. The third-order valence-electron chi connectivity index (χ3n) is 3.76. The smallest absolute Gasteiger partial charge is 0.213 e. The molecule has 0 aliphatic rings. The van der Waals surface area contributed by atoms with Crippen molar-refractivity contribution >= 4 is 5.96 Å². The van der Waals surface area contributed by atoms with E-state index >= 15 is 0 Å². The quantitative estimate of drug-likeness (QED) is 0.437. The summed E-state index contributed by atoms with van der Waals surface area (Å²) in [5, 5.41) is 6.56. The lowest BCUT2D eigenvalue weighted by molar-refractivity contribution is 0.300. The second-order valence-corrected chi connectivity index (χ2v) is 6.60. The molecular weight excluding hydrogens is 290 g/mol. The number of aromatic nitrogens is 1. The van der Waals surface area contributed by atoms with Crippen molar-refractivity contribution in [3.63, 3.8) is 0 Å². The number of hydrogen-bond donors (Lipinski definition) is 2. The molecule has 6 nitrogen and oxygen atoms in total. The van der Waals surface area contributed by atoms with Crippen LogP contribution in [0.1, 0.15) is 52.7 Å². The molecule has 1 aromatic heterocycles. The van der Waals surface area contributed by atoms with E-state index in [9.17, 15) is 0 Å². The number of oxazole rings is 1. The Morgan fingerprint density at radius 2 is 1.96 bits per heavy atom. The Labute approximate surface area is 140 Å². The summed E-state index contributed by atoms with van der Waals surface area (Å²) in [6.45, 7) is 15.5. The average Bonchev–Trinajstić information content (AvgIpc) is 2.99. The number of nitrogens with zero attached hydrogens (tertiary/aromatic N) is 3. The van der Waals surface area contributed by atoms with E-state index in [1.165, 1.54) is 0 Å². The predicted octanol–water partition coefficient (Wildman–Crippen LogP) is 2.37. The van der Waals surface area contributed by atoms with Crippen molar-refractivity contribution in [3.8, 4) is 0 Å². The van der Waals surface area contributed by atoms with Gasteiger partial charge in [-0.2, -0.15) is 0 Å². The second-order valence-electron chi connectivity index (χ2n) is 6.60. The van der Waals surface area contributed by atoms with Crippen LogP contribution in [0.3, 0.4) is 0 Å².